The lowest BCUT2D eigenvalue weighted by Gasteiger charge is -2.12. The number of nitrogens with one attached hydrogen (secondary N) is 2. The lowest BCUT2D eigenvalue weighted by atomic mass is 10.1. The van der Waals surface area contributed by atoms with Gasteiger partial charge in [0.1, 0.15) is 5.69 Å². The second kappa shape index (κ2) is 8.35. The number of aromatic nitrogens is 2. The number of halogens is 4. The Balaban J connectivity index is 2.12. The van der Waals surface area contributed by atoms with Crippen molar-refractivity contribution in [3.8, 4) is 0 Å². The fraction of sp³-hybridized carbons (Fsp3) is 0.353. The molecule has 1 amide bonds. The van der Waals surface area contributed by atoms with Crippen molar-refractivity contribution in [2.45, 2.75) is 26.4 Å². The highest BCUT2D eigenvalue weighted by atomic mass is 35.5. The highest BCUT2D eigenvalue weighted by molar-refractivity contribution is 6.31. The van der Waals surface area contributed by atoms with E-state index in [4.69, 9.17) is 11.6 Å². The van der Waals surface area contributed by atoms with Gasteiger partial charge in [0, 0.05) is 18.4 Å². The molecule has 0 bridgehead atoms. The monoisotopic (exact) mass is 386 g/mol. The fourth-order valence-corrected chi connectivity index (χ4v) is 2.28. The second-order valence-electron chi connectivity index (χ2n) is 6.02. The Labute approximate surface area is 154 Å². The summed E-state index contributed by atoms with van der Waals surface area (Å²) in [5, 5.41) is 4.99. The molecule has 2 aromatic rings. The number of amides is 1. The zero-order valence-corrected chi connectivity index (χ0v) is 14.9. The number of alkyl halides is 3. The Kier molecular flexibility index (Phi) is 6.42. The van der Waals surface area contributed by atoms with Crippen LogP contribution in [0.4, 0.5) is 24.8 Å². The molecule has 26 heavy (non-hydrogen) atoms. The summed E-state index contributed by atoms with van der Waals surface area (Å²) < 4.78 is 38.7. The molecule has 0 unspecified atom stereocenters. The molecule has 0 aliphatic rings. The van der Waals surface area contributed by atoms with Crippen LogP contribution in [0, 0.1) is 5.92 Å². The molecule has 1 aromatic heterocycles. The highest BCUT2D eigenvalue weighted by Crippen LogP contribution is 2.36. The zero-order valence-electron chi connectivity index (χ0n) is 14.2. The third-order valence-corrected chi connectivity index (χ3v) is 3.75. The Morgan fingerprint density at radius 2 is 2.00 bits per heavy atom. The van der Waals surface area contributed by atoms with Crippen molar-refractivity contribution in [1.29, 1.82) is 0 Å². The van der Waals surface area contributed by atoms with E-state index in [9.17, 15) is 18.0 Å². The van der Waals surface area contributed by atoms with Crippen LogP contribution in [0.15, 0.2) is 30.5 Å². The summed E-state index contributed by atoms with van der Waals surface area (Å²) in [5.41, 5.74) is -0.734. The van der Waals surface area contributed by atoms with Crippen molar-refractivity contribution in [2.75, 3.05) is 11.9 Å². The summed E-state index contributed by atoms with van der Waals surface area (Å²) in [6.45, 7) is 4.59. The first-order valence-corrected chi connectivity index (χ1v) is 8.29. The van der Waals surface area contributed by atoms with Gasteiger partial charge in [0.2, 0.25) is 5.95 Å². The van der Waals surface area contributed by atoms with Crippen LogP contribution in [0.25, 0.3) is 0 Å². The fourth-order valence-electron chi connectivity index (χ4n) is 2.06. The van der Waals surface area contributed by atoms with Crippen LogP contribution in [0.3, 0.4) is 0 Å². The Hall–Kier alpha value is -2.35. The molecule has 140 valence electrons. The van der Waals surface area contributed by atoms with Crippen LogP contribution >= 0.6 is 11.6 Å². The van der Waals surface area contributed by atoms with E-state index in [1.807, 2.05) is 13.8 Å². The molecule has 5 nitrogen and oxygen atoms in total. The Morgan fingerprint density at radius 1 is 1.27 bits per heavy atom. The van der Waals surface area contributed by atoms with Crippen molar-refractivity contribution in [1.82, 2.24) is 15.3 Å². The Bertz CT molecular complexity index is 781. The summed E-state index contributed by atoms with van der Waals surface area (Å²) in [4.78, 5) is 20.0. The van der Waals surface area contributed by atoms with Crippen LogP contribution in [0.5, 0.6) is 0 Å². The number of hydrogen-bond donors (Lipinski definition) is 2. The van der Waals surface area contributed by atoms with E-state index >= 15 is 0 Å². The van der Waals surface area contributed by atoms with Gasteiger partial charge in [-0.1, -0.05) is 25.4 Å². The summed E-state index contributed by atoms with van der Waals surface area (Å²) >= 11 is 5.59. The predicted molar refractivity (Wildman–Crippen MR) is 93.6 cm³/mol. The van der Waals surface area contributed by atoms with Crippen molar-refractivity contribution in [3.05, 3.63) is 46.7 Å². The minimum Gasteiger partial charge on any atom is -0.351 e. The molecule has 0 saturated carbocycles. The smallest absolute Gasteiger partial charge is 0.351 e. The predicted octanol–water partition coefficient (Wildman–Crippen LogP) is 4.67. The molecule has 0 aliphatic carbocycles. The van der Waals surface area contributed by atoms with Gasteiger partial charge >= 0.3 is 6.18 Å². The van der Waals surface area contributed by atoms with Crippen molar-refractivity contribution in [2.24, 2.45) is 5.92 Å². The molecule has 1 heterocycles. The van der Waals surface area contributed by atoms with E-state index in [2.05, 4.69) is 20.6 Å². The zero-order chi connectivity index (χ0) is 19.3. The molecular weight excluding hydrogens is 369 g/mol. The molecule has 0 saturated heterocycles. The molecule has 2 N–H and O–H groups in total. The molecule has 0 fully saturated rings. The molecular formula is C17H18ClF3N4O. The number of benzene rings is 1. The Morgan fingerprint density at radius 3 is 2.65 bits per heavy atom. The topological polar surface area (TPSA) is 66.9 Å². The number of hydrogen-bond acceptors (Lipinski definition) is 4. The van der Waals surface area contributed by atoms with Crippen LogP contribution < -0.4 is 10.6 Å². The lowest BCUT2D eigenvalue weighted by molar-refractivity contribution is -0.137. The van der Waals surface area contributed by atoms with Gasteiger partial charge in [0.05, 0.1) is 10.6 Å². The largest absolute Gasteiger partial charge is 0.417 e. The number of nitrogens with zero attached hydrogens (tertiary/aromatic N) is 2. The second-order valence-corrected chi connectivity index (χ2v) is 6.43. The van der Waals surface area contributed by atoms with Crippen LogP contribution in [-0.4, -0.2) is 22.4 Å². The number of carbonyl (C=O) groups is 1. The van der Waals surface area contributed by atoms with E-state index in [-0.39, 0.29) is 23.2 Å². The van der Waals surface area contributed by atoms with Gasteiger partial charge in [-0.25, -0.2) is 9.97 Å². The average molecular weight is 387 g/mol. The van der Waals surface area contributed by atoms with E-state index in [1.54, 1.807) is 0 Å². The summed E-state index contributed by atoms with van der Waals surface area (Å²) in [5.74, 6) is 0.0887. The molecule has 0 radical (unpaired) electrons. The molecule has 2 rings (SSSR count). The van der Waals surface area contributed by atoms with Gasteiger partial charge in [-0.05, 0) is 36.6 Å². The first kappa shape index (κ1) is 20.0. The molecule has 1 aromatic carbocycles. The number of rotatable bonds is 6. The van der Waals surface area contributed by atoms with E-state index < -0.39 is 16.8 Å². The maximum absolute atomic E-state index is 12.9. The average Bonchev–Trinajstić information content (AvgIpc) is 2.55. The summed E-state index contributed by atoms with van der Waals surface area (Å²) in [6, 6.07) is 4.80. The van der Waals surface area contributed by atoms with E-state index in [0.717, 1.165) is 18.6 Å². The molecule has 0 spiro atoms. The standard InChI is InChI=1S/C17H18ClF3N4O/c1-10(2)5-7-22-15(26)14-6-8-23-16(25-14)24-11-3-4-13(18)12(9-11)17(19,20)21/h3-4,6,8-10H,5,7H2,1-2H3,(H,22,26)(H,23,24,25). The van der Waals surface area contributed by atoms with Crippen molar-refractivity contribution < 1.29 is 18.0 Å². The molecule has 9 heteroatoms. The quantitative estimate of drug-likeness (QED) is 0.757. The normalized spacial score (nSPS) is 11.5. The van der Waals surface area contributed by atoms with Crippen molar-refractivity contribution >= 4 is 29.1 Å². The minimum absolute atomic E-state index is 0.0111. The maximum atomic E-state index is 12.9. The summed E-state index contributed by atoms with van der Waals surface area (Å²) in [6.07, 6.45) is -2.39. The highest BCUT2D eigenvalue weighted by Gasteiger charge is 2.33. The molecule has 0 aliphatic heterocycles. The lowest BCUT2D eigenvalue weighted by Crippen LogP contribution is -2.26. The number of anilines is 2. The minimum atomic E-state index is -4.58. The van der Waals surface area contributed by atoms with Gasteiger partial charge in [-0.2, -0.15) is 13.2 Å². The maximum Gasteiger partial charge on any atom is 0.417 e. The number of carbonyl (C=O) groups excluding carboxylic acids is 1. The van der Waals surface area contributed by atoms with E-state index in [0.29, 0.717) is 12.5 Å². The third-order valence-electron chi connectivity index (χ3n) is 3.42. The third kappa shape index (κ3) is 5.59. The SMILES string of the molecule is CC(C)CCNC(=O)c1ccnc(Nc2ccc(Cl)c(C(F)(F)F)c2)n1. The van der Waals surface area contributed by atoms with Crippen LogP contribution in [-0.2, 0) is 6.18 Å². The molecule has 0 atom stereocenters. The van der Waals surface area contributed by atoms with Crippen LogP contribution in [0.2, 0.25) is 5.02 Å². The van der Waals surface area contributed by atoms with Gasteiger partial charge < -0.3 is 10.6 Å². The van der Waals surface area contributed by atoms with Crippen molar-refractivity contribution in [3.63, 3.8) is 0 Å². The van der Waals surface area contributed by atoms with Gasteiger partial charge in [-0.15, -0.1) is 0 Å². The van der Waals surface area contributed by atoms with Crippen LogP contribution in [0.1, 0.15) is 36.3 Å². The van der Waals surface area contributed by atoms with Gasteiger partial charge in [-0.3, -0.25) is 4.79 Å². The van der Waals surface area contributed by atoms with E-state index in [1.165, 1.54) is 18.3 Å². The summed E-state index contributed by atoms with van der Waals surface area (Å²) in [7, 11) is 0. The first-order chi connectivity index (χ1) is 12.2. The van der Waals surface area contributed by atoms with Gasteiger partial charge in [0.15, 0.2) is 0 Å². The van der Waals surface area contributed by atoms with Gasteiger partial charge in [0.25, 0.3) is 5.91 Å². The first-order valence-electron chi connectivity index (χ1n) is 7.92.